The number of benzene rings is 5. The number of hydrogen-bond donors (Lipinski definition) is 1. The van der Waals surface area contributed by atoms with E-state index in [9.17, 15) is 0 Å². The molecule has 0 fully saturated rings. The normalized spacial score (nSPS) is 15.0. The Morgan fingerprint density at radius 2 is 1.50 bits per heavy atom. The van der Waals surface area contributed by atoms with Gasteiger partial charge in [0.05, 0.1) is 17.1 Å². The van der Waals surface area contributed by atoms with Gasteiger partial charge in [-0.2, -0.15) is 0 Å². The summed E-state index contributed by atoms with van der Waals surface area (Å²) in [6.45, 7) is 6.88. The summed E-state index contributed by atoms with van der Waals surface area (Å²) in [7, 11) is 2.38. The van der Waals surface area contributed by atoms with E-state index in [2.05, 4.69) is 111 Å². The van der Waals surface area contributed by atoms with Gasteiger partial charge in [0.1, 0.15) is 0 Å². The topological polar surface area (TPSA) is 24.5 Å². The third-order valence-corrected chi connectivity index (χ3v) is 8.31. The van der Waals surface area contributed by atoms with E-state index >= 15 is 0 Å². The van der Waals surface area contributed by atoms with Crippen molar-refractivity contribution >= 4 is 46.6 Å². The number of anilines is 5. The highest BCUT2D eigenvalue weighted by Gasteiger charge is 2.41. The van der Waals surface area contributed by atoms with E-state index in [1.54, 1.807) is 0 Å². The van der Waals surface area contributed by atoms with Gasteiger partial charge in [0.2, 0.25) is 0 Å². The van der Waals surface area contributed by atoms with Gasteiger partial charge in [-0.25, -0.2) is 0 Å². The molecule has 5 aromatic rings. The first-order valence-electron chi connectivity index (χ1n) is 13.2. The molecule has 3 nitrogen and oxygen atoms in total. The molecule has 0 bridgehead atoms. The summed E-state index contributed by atoms with van der Waals surface area (Å²) in [5.41, 5.74) is 14.4. The Hall–Kier alpha value is -4.44. The minimum atomic E-state index is -0.0798. The van der Waals surface area contributed by atoms with E-state index in [-0.39, 0.29) is 5.41 Å². The number of hydrogen-bond acceptors (Lipinski definition) is 3. The average molecular weight is 489 g/mol. The minimum Gasteiger partial charge on any atom is -0.453 e. The standard InChI is InChI=1S/C34H26BN2O/c1-20-18-22(21-10-8-17-30-32(21)36-26-14-5-7-16-29(26)38-30)31-28(19-20)37-27-15-6-4-11-23(27)34(2,3)24-12-9-13-25(35-31)33(24)37/h4-19,36H,1-3H3. The van der Waals surface area contributed by atoms with E-state index in [4.69, 9.17) is 4.74 Å². The highest BCUT2D eigenvalue weighted by molar-refractivity contribution is 6.73. The van der Waals surface area contributed by atoms with Gasteiger partial charge in [0, 0.05) is 22.4 Å². The van der Waals surface area contributed by atoms with Crippen molar-refractivity contribution < 1.29 is 4.74 Å². The number of nitrogens with one attached hydrogen (secondary N) is 1. The molecule has 0 atom stereocenters. The molecule has 0 aromatic heterocycles. The van der Waals surface area contributed by atoms with Crippen LogP contribution in [0.25, 0.3) is 11.1 Å². The zero-order valence-corrected chi connectivity index (χ0v) is 21.7. The fourth-order valence-electron chi connectivity index (χ4n) is 6.52. The van der Waals surface area contributed by atoms with Crippen molar-refractivity contribution in [2.45, 2.75) is 26.2 Å². The van der Waals surface area contributed by atoms with Crippen LogP contribution in [-0.4, -0.2) is 7.28 Å². The SMILES string of the molecule is Cc1cc(-c2cccc3c2Nc2ccccc2O3)c2c(c1)N1c3ccccc3C(C)(C)c3cccc(c31)[B]2. The summed E-state index contributed by atoms with van der Waals surface area (Å²) in [4.78, 5) is 2.49. The van der Waals surface area contributed by atoms with Crippen molar-refractivity contribution in [1.29, 1.82) is 0 Å². The van der Waals surface area contributed by atoms with Crippen molar-refractivity contribution in [1.82, 2.24) is 0 Å². The molecule has 0 unspecified atom stereocenters. The highest BCUT2D eigenvalue weighted by Crippen LogP contribution is 2.53. The summed E-state index contributed by atoms with van der Waals surface area (Å²) >= 11 is 0. The molecule has 3 heterocycles. The molecule has 8 rings (SSSR count). The Morgan fingerprint density at radius 3 is 2.42 bits per heavy atom. The van der Waals surface area contributed by atoms with Gasteiger partial charge in [-0.15, -0.1) is 0 Å². The number of fused-ring (bicyclic) bond motifs is 6. The molecule has 4 heteroatoms. The molecule has 38 heavy (non-hydrogen) atoms. The van der Waals surface area contributed by atoms with Crippen molar-refractivity contribution in [2.24, 2.45) is 0 Å². The number of ether oxygens (including phenoxy) is 1. The second kappa shape index (κ2) is 7.55. The van der Waals surface area contributed by atoms with Crippen LogP contribution in [0.15, 0.2) is 97.1 Å². The number of nitrogens with zero attached hydrogens (tertiary/aromatic N) is 1. The van der Waals surface area contributed by atoms with Crippen LogP contribution in [0.1, 0.15) is 30.5 Å². The summed E-state index contributed by atoms with van der Waals surface area (Å²) in [5.74, 6) is 1.70. The first-order valence-corrected chi connectivity index (χ1v) is 13.2. The van der Waals surface area contributed by atoms with E-state index in [0.29, 0.717) is 0 Å². The van der Waals surface area contributed by atoms with Crippen LogP contribution < -0.4 is 25.9 Å². The molecular weight excluding hydrogens is 463 g/mol. The fourth-order valence-corrected chi connectivity index (χ4v) is 6.52. The lowest BCUT2D eigenvalue weighted by Gasteiger charge is -2.46. The van der Waals surface area contributed by atoms with Gasteiger partial charge in [-0.05, 0) is 65.0 Å². The van der Waals surface area contributed by atoms with Crippen molar-refractivity contribution in [3.63, 3.8) is 0 Å². The van der Waals surface area contributed by atoms with Crippen molar-refractivity contribution in [2.75, 3.05) is 10.2 Å². The fraction of sp³-hybridized carbons (Fsp3) is 0.118. The van der Waals surface area contributed by atoms with Gasteiger partial charge >= 0.3 is 0 Å². The maximum Gasteiger partial charge on any atom is 0.197 e. The minimum absolute atomic E-state index is 0.0798. The average Bonchev–Trinajstić information content (AvgIpc) is 2.93. The molecule has 181 valence electrons. The van der Waals surface area contributed by atoms with Crippen LogP contribution in [0.2, 0.25) is 0 Å². The summed E-state index contributed by atoms with van der Waals surface area (Å²) in [6.07, 6.45) is 0. The molecule has 5 aromatic carbocycles. The Kier molecular flexibility index (Phi) is 4.30. The second-order valence-electron chi connectivity index (χ2n) is 11.0. The lowest BCUT2D eigenvalue weighted by Crippen LogP contribution is -2.45. The van der Waals surface area contributed by atoms with Crippen LogP contribution >= 0.6 is 0 Å². The van der Waals surface area contributed by atoms with Crippen LogP contribution in [0.3, 0.4) is 0 Å². The molecule has 0 amide bonds. The number of aryl methyl sites for hydroxylation is 1. The summed E-state index contributed by atoms with van der Waals surface area (Å²) < 4.78 is 6.32. The lowest BCUT2D eigenvalue weighted by molar-refractivity contribution is 0.481. The van der Waals surface area contributed by atoms with Crippen LogP contribution in [-0.2, 0) is 5.41 Å². The molecule has 3 aliphatic rings. The van der Waals surface area contributed by atoms with Crippen LogP contribution in [0.4, 0.5) is 28.4 Å². The predicted octanol–water partition coefficient (Wildman–Crippen LogP) is 7.59. The van der Waals surface area contributed by atoms with Crippen molar-refractivity contribution in [3.05, 3.63) is 114 Å². The third-order valence-electron chi connectivity index (χ3n) is 8.31. The van der Waals surface area contributed by atoms with Crippen molar-refractivity contribution in [3.8, 4) is 22.6 Å². The van der Waals surface area contributed by atoms with E-state index in [1.807, 2.05) is 24.3 Å². The maximum absolute atomic E-state index is 6.32. The van der Waals surface area contributed by atoms with E-state index in [1.165, 1.54) is 50.2 Å². The zero-order chi connectivity index (χ0) is 25.6. The van der Waals surface area contributed by atoms with Gasteiger partial charge in [-0.1, -0.05) is 86.0 Å². The molecule has 1 radical (unpaired) electrons. The van der Waals surface area contributed by atoms with E-state index < -0.39 is 0 Å². The highest BCUT2D eigenvalue weighted by atomic mass is 16.5. The number of rotatable bonds is 1. The largest absolute Gasteiger partial charge is 0.453 e. The Morgan fingerprint density at radius 1 is 0.737 bits per heavy atom. The third kappa shape index (κ3) is 2.86. The smallest absolute Gasteiger partial charge is 0.197 e. The first-order chi connectivity index (χ1) is 18.5. The maximum atomic E-state index is 6.32. The Bertz CT molecular complexity index is 1810. The van der Waals surface area contributed by atoms with Gasteiger partial charge in [-0.3, -0.25) is 0 Å². The number of para-hydroxylation sites is 5. The quantitative estimate of drug-likeness (QED) is 0.241. The van der Waals surface area contributed by atoms with E-state index in [0.717, 1.165) is 28.4 Å². The molecule has 0 spiro atoms. The molecule has 3 aliphatic heterocycles. The van der Waals surface area contributed by atoms with Gasteiger partial charge in [0.15, 0.2) is 18.8 Å². The first kappa shape index (κ1) is 21.6. The molecule has 1 N–H and O–H groups in total. The van der Waals surface area contributed by atoms with Crippen LogP contribution in [0, 0.1) is 6.92 Å². The lowest BCUT2D eigenvalue weighted by atomic mass is 9.56. The molecule has 0 aliphatic carbocycles. The molecule has 0 saturated heterocycles. The van der Waals surface area contributed by atoms with Gasteiger partial charge in [0.25, 0.3) is 0 Å². The Balaban J connectivity index is 1.38. The van der Waals surface area contributed by atoms with Gasteiger partial charge < -0.3 is 15.0 Å². The Labute approximate surface area is 224 Å². The zero-order valence-electron chi connectivity index (χ0n) is 21.7. The molecular formula is C34H26BN2O. The summed E-state index contributed by atoms with van der Waals surface area (Å²) in [5, 5.41) is 3.67. The van der Waals surface area contributed by atoms with Crippen LogP contribution in [0.5, 0.6) is 11.5 Å². The molecule has 0 saturated carbocycles. The second-order valence-corrected chi connectivity index (χ2v) is 11.0. The predicted molar refractivity (Wildman–Crippen MR) is 158 cm³/mol. The summed E-state index contributed by atoms with van der Waals surface area (Å²) in [6, 6.07) is 34.7. The monoisotopic (exact) mass is 489 g/mol.